The van der Waals surface area contributed by atoms with Gasteiger partial charge in [-0.3, -0.25) is 9.59 Å². The maximum absolute atomic E-state index is 12.8. The zero-order chi connectivity index (χ0) is 21.4. The van der Waals surface area contributed by atoms with Crippen molar-refractivity contribution in [3.63, 3.8) is 0 Å². The highest BCUT2D eigenvalue weighted by molar-refractivity contribution is 6.04. The Balaban J connectivity index is 1.71. The molecule has 1 fully saturated rings. The Kier molecular flexibility index (Phi) is 5.24. The van der Waals surface area contributed by atoms with Crippen LogP contribution in [0.2, 0.25) is 0 Å². The van der Waals surface area contributed by atoms with E-state index < -0.39 is 5.91 Å². The summed E-state index contributed by atoms with van der Waals surface area (Å²) >= 11 is 0. The topological polar surface area (TPSA) is 101 Å². The number of hydrogen-bond acceptors (Lipinski definition) is 6. The summed E-state index contributed by atoms with van der Waals surface area (Å²) in [5.41, 5.74) is 7.22. The van der Waals surface area contributed by atoms with E-state index in [1.54, 1.807) is 30.1 Å². The van der Waals surface area contributed by atoms with Gasteiger partial charge in [-0.2, -0.15) is 0 Å². The molecule has 3 N–H and O–H groups in total. The smallest absolute Gasteiger partial charge is 0.249 e. The summed E-state index contributed by atoms with van der Waals surface area (Å²) in [5.74, 6) is 1.52. The first-order chi connectivity index (χ1) is 14.4. The molecule has 0 radical (unpaired) electrons. The van der Waals surface area contributed by atoms with E-state index in [9.17, 15) is 9.59 Å². The zero-order valence-electron chi connectivity index (χ0n) is 17.5. The molecule has 1 aliphatic heterocycles. The van der Waals surface area contributed by atoms with Crippen LogP contribution in [0.25, 0.3) is 0 Å². The van der Waals surface area contributed by atoms with Crippen LogP contribution in [0.3, 0.4) is 0 Å². The molecule has 8 nitrogen and oxygen atoms in total. The van der Waals surface area contributed by atoms with E-state index >= 15 is 0 Å². The van der Waals surface area contributed by atoms with Gasteiger partial charge in [-0.05, 0) is 50.1 Å². The van der Waals surface area contributed by atoms with Crippen LogP contribution in [0.15, 0.2) is 30.3 Å². The van der Waals surface area contributed by atoms with Gasteiger partial charge in [-0.25, -0.2) is 4.98 Å². The van der Waals surface area contributed by atoms with Crippen molar-refractivity contribution in [1.82, 2.24) is 4.98 Å². The third-order valence-electron chi connectivity index (χ3n) is 6.03. The summed E-state index contributed by atoms with van der Waals surface area (Å²) in [6.45, 7) is 1.95. The Morgan fingerprint density at radius 3 is 2.63 bits per heavy atom. The number of carbonyl (C=O) groups excluding carboxylic acids is 2. The second kappa shape index (κ2) is 7.85. The van der Waals surface area contributed by atoms with E-state index in [2.05, 4.69) is 10.2 Å². The SMILES string of the molecule is COc1cc(C(N)=O)ccc1Nc1ccc2c(n1)N(C1CCCC1)C(C)C(=O)N2C. The van der Waals surface area contributed by atoms with E-state index in [1.165, 1.54) is 20.0 Å². The monoisotopic (exact) mass is 409 g/mol. The molecule has 4 rings (SSSR count). The maximum Gasteiger partial charge on any atom is 0.249 e. The number of likely N-dealkylation sites (N-methyl/N-ethyl adjacent to an activating group) is 1. The Labute approximate surface area is 176 Å². The molecule has 0 spiro atoms. The molecule has 1 unspecified atom stereocenters. The second-order valence-electron chi connectivity index (χ2n) is 7.86. The fourth-order valence-corrected chi connectivity index (χ4v) is 4.42. The normalized spacial score (nSPS) is 19.0. The van der Waals surface area contributed by atoms with Crippen LogP contribution in [0, 0.1) is 0 Å². The maximum atomic E-state index is 12.8. The van der Waals surface area contributed by atoms with Crippen LogP contribution < -0.4 is 25.6 Å². The Morgan fingerprint density at radius 1 is 1.23 bits per heavy atom. The minimum atomic E-state index is -0.513. The lowest BCUT2D eigenvalue weighted by atomic mass is 10.1. The number of hydrogen-bond donors (Lipinski definition) is 2. The molecule has 2 aromatic rings. The van der Waals surface area contributed by atoms with Crippen molar-refractivity contribution in [2.45, 2.75) is 44.7 Å². The quantitative estimate of drug-likeness (QED) is 0.787. The van der Waals surface area contributed by atoms with Crippen molar-refractivity contribution in [1.29, 1.82) is 0 Å². The van der Waals surface area contributed by atoms with Crippen molar-refractivity contribution in [3.05, 3.63) is 35.9 Å². The molecule has 2 amide bonds. The predicted octanol–water partition coefficient (Wildman–Crippen LogP) is 3.05. The van der Waals surface area contributed by atoms with Gasteiger partial charge in [0.25, 0.3) is 0 Å². The average molecular weight is 409 g/mol. The van der Waals surface area contributed by atoms with Crippen molar-refractivity contribution in [2.24, 2.45) is 5.73 Å². The van der Waals surface area contributed by atoms with Gasteiger partial charge in [-0.1, -0.05) is 12.8 Å². The number of rotatable bonds is 5. The number of methoxy groups -OCH3 is 1. The second-order valence-corrected chi connectivity index (χ2v) is 7.86. The molecule has 0 saturated heterocycles. The molecular formula is C22H27N5O3. The first-order valence-corrected chi connectivity index (χ1v) is 10.2. The Bertz CT molecular complexity index is 987. The molecule has 30 heavy (non-hydrogen) atoms. The molecule has 1 aromatic carbocycles. The summed E-state index contributed by atoms with van der Waals surface area (Å²) < 4.78 is 5.41. The molecule has 2 aliphatic rings. The average Bonchev–Trinajstić information content (AvgIpc) is 3.26. The standard InChI is InChI=1S/C22H27N5O3/c1-13-22(29)26(2)17-10-11-19(25-21(17)27(13)15-6-4-5-7-15)24-16-9-8-14(20(23)28)12-18(16)30-3/h8-13,15H,4-7H2,1-3H3,(H2,23,28)(H,24,25). The van der Waals surface area contributed by atoms with Gasteiger partial charge in [0.2, 0.25) is 11.8 Å². The van der Waals surface area contributed by atoms with Gasteiger partial charge in [0.05, 0.1) is 18.5 Å². The van der Waals surface area contributed by atoms with Crippen LogP contribution in [0.5, 0.6) is 5.75 Å². The summed E-state index contributed by atoms with van der Waals surface area (Å²) in [5, 5.41) is 3.27. The van der Waals surface area contributed by atoms with Gasteiger partial charge >= 0.3 is 0 Å². The number of carbonyl (C=O) groups is 2. The fraction of sp³-hybridized carbons (Fsp3) is 0.409. The lowest BCUT2D eigenvalue weighted by Gasteiger charge is -2.42. The number of aromatic nitrogens is 1. The minimum absolute atomic E-state index is 0.0839. The lowest BCUT2D eigenvalue weighted by Crippen LogP contribution is -2.54. The van der Waals surface area contributed by atoms with E-state index in [4.69, 9.17) is 15.5 Å². The lowest BCUT2D eigenvalue weighted by molar-refractivity contribution is -0.119. The number of benzene rings is 1. The number of nitrogens with one attached hydrogen (secondary N) is 1. The number of ether oxygens (including phenoxy) is 1. The van der Waals surface area contributed by atoms with Crippen LogP contribution in [0.4, 0.5) is 23.0 Å². The summed E-state index contributed by atoms with van der Waals surface area (Å²) in [6.07, 6.45) is 4.49. The molecular weight excluding hydrogens is 382 g/mol. The number of nitrogens with two attached hydrogens (primary N) is 1. The molecule has 1 aromatic heterocycles. The zero-order valence-corrected chi connectivity index (χ0v) is 17.5. The highest BCUT2D eigenvalue weighted by Crippen LogP contribution is 2.40. The van der Waals surface area contributed by atoms with Gasteiger partial charge in [0.1, 0.15) is 17.6 Å². The van der Waals surface area contributed by atoms with Crippen molar-refractivity contribution in [2.75, 3.05) is 29.3 Å². The number of fused-ring (bicyclic) bond motifs is 1. The van der Waals surface area contributed by atoms with Gasteiger partial charge in [0.15, 0.2) is 5.82 Å². The minimum Gasteiger partial charge on any atom is -0.495 e. The summed E-state index contributed by atoms with van der Waals surface area (Å²) in [6, 6.07) is 8.81. The van der Waals surface area contributed by atoms with Crippen LogP contribution in [0.1, 0.15) is 43.0 Å². The first-order valence-electron chi connectivity index (χ1n) is 10.2. The summed E-state index contributed by atoms with van der Waals surface area (Å²) in [4.78, 5) is 33.0. The van der Waals surface area contributed by atoms with Gasteiger partial charge in [0, 0.05) is 18.7 Å². The highest BCUT2D eigenvalue weighted by Gasteiger charge is 2.39. The van der Waals surface area contributed by atoms with Crippen molar-refractivity contribution < 1.29 is 14.3 Å². The Morgan fingerprint density at radius 2 is 1.97 bits per heavy atom. The number of pyridine rings is 1. The molecule has 158 valence electrons. The number of primary amides is 1. The van der Waals surface area contributed by atoms with E-state index in [1.807, 2.05) is 19.1 Å². The molecule has 1 saturated carbocycles. The Hall–Kier alpha value is -3.29. The fourth-order valence-electron chi connectivity index (χ4n) is 4.42. The molecule has 0 bridgehead atoms. The third-order valence-corrected chi connectivity index (χ3v) is 6.03. The first kappa shape index (κ1) is 20.0. The van der Waals surface area contributed by atoms with E-state index in [-0.39, 0.29) is 11.9 Å². The number of nitrogens with zero attached hydrogens (tertiary/aromatic N) is 3. The molecule has 1 aliphatic carbocycles. The third kappa shape index (κ3) is 3.42. The van der Waals surface area contributed by atoms with Crippen LogP contribution >= 0.6 is 0 Å². The highest BCUT2D eigenvalue weighted by atomic mass is 16.5. The van der Waals surface area contributed by atoms with Gasteiger partial charge < -0.3 is 25.6 Å². The molecule has 1 atom stereocenters. The van der Waals surface area contributed by atoms with Crippen LogP contribution in [-0.4, -0.2) is 43.0 Å². The van der Waals surface area contributed by atoms with Crippen molar-refractivity contribution in [3.8, 4) is 5.75 Å². The number of anilines is 4. The molecule has 8 heteroatoms. The van der Waals surface area contributed by atoms with E-state index in [0.29, 0.717) is 28.9 Å². The van der Waals surface area contributed by atoms with Crippen LogP contribution in [-0.2, 0) is 4.79 Å². The predicted molar refractivity (Wildman–Crippen MR) is 117 cm³/mol. The summed E-state index contributed by atoms with van der Waals surface area (Å²) in [7, 11) is 3.33. The molecule has 2 heterocycles. The number of amides is 2. The van der Waals surface area contributed by atoms with Crippen molar-refractivity contribution >= 4 is 34.8 Å². The van der Waals surface area contributed by atoms with E-state index in [0.717, 1.165) is 24.3 Å². The largest absolute Gasteiger partial charge is 0.495 e. The van der Waals surface area contributed by atoms with Gasteiger partial charge in [-0.15, -0.1) is 0 Å².